The number of hydrogen-bond donors (Lipinski definition) is 3. The number of benzene rings is 1. The molecule has 3 N–H and O–H groups in total. The third-order valence-corrected chi connectivity index (χ3v) is 2.13. The molecule has 0 aliphatic carbocycles. The summed E-state index contributed by atoms with van der Waals surface area (Å²) < 4.78 is 5.08. The van der Waals surface area contributed by atoms with E-state index in [9.17, 15) is 4.79 Å². The van der Waals surface area contributed by atoms with Crippen LogP contribution in [0.1, 0.15) is 0 Å². The van der Waals surface area contributed by atoms with Crippen LogP contribution in [-0.2, 0) is 4.79 Å². The van der Waals surface area contributed by atoms with Crippen molar-refractivity contribution in [2.75, 3.05) is 12.1 Å². The lowest BCUT2D eigenvalue weighted by atomic mass is 10.3. The smallest absolute Gasteiger partial charge is 0.354 e. The van der Waals surface area contributed by atoms with Gasteiger partial charge in [-0.05, 0) is 12.1 Å². The van der Waals surface area contributed by atoms with Gasteiger partial charge in [0.1, 0.15) is 5.75 Å². The summed E-state index contributed by atoms with van der Waals surface area (Å²) in [4.78, 5) is 10.7. The average Bonchev–Trinajstić information content (AvgIpc) is 2.78. The van der Waals surface area contributed by atoms with E-state index in [1.165, 1.54) is 6.20 Å². The predicted molar refractivity (Wildman–Crippen MR) is 57.5 cm³/mol. The molecular formula is C10H11N3O3. The molecule has 16 heavy (non-hydrogen) atoms. The minimum atomic E-state index is -1.02. The van der Waals surface area contributed by atoms with E-state index in [1.807, 2.05) is 18.2 Å². The maximum Gasteiger partial charge on any atom is 0.354 e. The van der Waals surface area contributed by atoms with E-state index in [1.54, 1.807) is 18.2 Å². The van der Waals surface area contributed by atoms with Crippen molar-refractivity contribution in [3.8, 4) is 5.75 Å². The number of hydrogen-bond acceptors (Lipinski definition) is 5. The third-order valence-electron chi connectivity index (χ3n) is 2.13. The Morgan fingerprint density at radius 1 is 1.50 bits per heavy atom. The van der Waals surface area contributed by atoms with Crippen molar-refractivity contribution in [3.63, 3.8) is 0 Å². The van der Waals surface area contributed by atoms with Crippen molar-refractivity contribution < 1.29 is 14.6 Å². The lowest BCUT2D eigenvalue weighted by molar-refractivity contribution is -0.133. The van der Waals surface area contributed by atoms with Crippen molar-refractivity contribution in [2.45, 2.75) is 0 Å². The van der Waals surface area contributed by atoms with Crippen LogP contribution < -0.4 is 20.7 Å². The minimum Gasteiger partial charge on any atom is -0.497 e. The molecule has 6 heteroatoms. The van der Waals surface area contributed by atoms with E-state index < -0.39 is 5.97 Å². The van der Waals surface area contributed by atoms with Crippen molar-refractivity contribution in [1.82, 2.24) is 11.0 Å². The second-order valence-corrected chi connectivity index (χ2v) is 3.16. The maximum atomic E-state index is 10.7. The van der Waals surface area contributed by atoms with Gasteiger partial charge in [0.25, 0.3) is 0 Å². The summed E-state index contributed by atoms with van der Waals surface area (Å²) in [6.07, 6.45) is 1.46. The Labute approximate surface area is 92.1 Å². The van der Waals surface area contributed by atoms with E-state index in [0.29, 0.717) is 5.75 Å². The van der Waals surface area contributed by atoms with Crippen LogP contribution in [0.5, 0.6) is 5.75 Å². The van der Waals surface area contributed by atoms with E-state index in [2.05, 4.69) is 11.0 Å². The first kappa shape index (κ1) is 10.3. The van der Waals surface area contributed by atoms with Gasteiger partial charge in [-0.25, -0.2) is 4.79 Å². The summed E-state index contributed by atoms with van der Waals surface area (Å²) in [6.45, 7) is 0. The van der Waals surface area contributed by atoms with E-state index >= 15 is 0 Å². The fourth-order valence-corrected chi connectivity index (χ4v) is 1.32. The second-order valence-electron chi connectivity index (χ2n) is 3.16. The molecule has 1 aromatic rings. The quantitative estimate of drug-likeness (QED) is 0.688. The Bertz CT molecular complexity index is 445. The van der Waals surface area contributed by atoms with Crippen LogP contribution in [0.2, 0.25) is 0 Å². The minimum absolute atomic E-state index is 0.0859. The van der Waals surface area contributed by atoms with Crippen LogP contribution in [0.15, 0.2) is 36.2 Å². The molecule has 1 aliphatic rings. The number of ether oxygens (including phenoxy) is 1. The zero-order valence-corrected chi connectivity index (χ0v) is 8.60. The number of aliphatic carboxylic acids is 1. The molecule has 0 fully saturated rings. The lowest BCUT2D eigenvalue weighted by Crippen LogP contribution is -2.37. The lowest BCUT2D eigenvalue weighted by Gasteiger charge is -2.15. The highest BCUT2D eigenvalue weighted by Gasteiger charge is 2.17. The number of carboxylic acid groups (broad SMARTS) is 1. The molecule has 0 saturated heterocycles. The van der Waals surface area contributed by atoms with Crippen LogP contribution in [0.3, 0.4) is 0 Å². The van der Waals surface area contributed by atoms with Crippen LogP contribution in [0, 0.1) is 0 Å². The summed E-state index contributed by atoms with van der Waals surface area (Å²) in [7, 11) is 1.58. The molecule has 0 saturated carbocycles. The van der Waals surface area contributed by atoms with Crippen molar-refractivity contribution in [3.05, 3.63) is 36.2 Å². The normalized spacial score (nSPS) is 14.3. The molecule has 1 aliphatic heterocycles. The summed E-state index contributed by atoms with van der Waals surface area (Å²) in [5.74, 6) is -0.311. The Balaban J connectivity index is 2.22. The van der Waals surface area contributed by atoms with E-state index in [0.717, 1.165) is 5.69 Å². The van der Waals surface area contributed by atoms with Crippen molar-refractivity contribution in [2.24, 2.45) is 0 Å². The van der Waals surface area contributed by atoms with Gasteiger partial charge in [0.05, 0.1) is 19.0 Å². The third kappa shape index (κ3) is 1.91. The first-order valence-electron chi connectivity index (χ1n) is 4.61. The largest absolute Gasteiger partial charge is 0.497 e. The average molecular weight is 221 g/mol. The predicted octanol–water partition coefficient (Wildman–Crippen LogP) is 0.450. The first-order valence-corrected chi connectivity index (χ1v) is 4.61. The summed E-state index contributed by atoms with van der Waals surface area (Å²) in [5.41, 5.74) is 6.12. The molecule has 0 amide bonds. The number of nitrogens with zero attached hydrogens (tertiary/aromatic N) is 1. The Hall–Kier alpha value is -2.21. The number of anilines is 1. The van der Waals surface area contributed by atoms with Crippen LogP contribution in [-0.4, -0.2) is 18.2 Å². The molecule has 0 atom stereocenters. The first-order chi connectivity index (χ1) is 7.70. The summed E-state index contributed by atoms with van der Waals surface area (Å²) >= 11 is 0. The number of nitrogens with one attached hydrogen (secondary N) is 2. The van der Waals surface area contributed by atoms with Gasteiger partial charge in [0, 0.05) is 6.07 Å². The molecule has 0 spiro atoms. The molecule has 84 valence electrons. The number of methoxy groups -OCH3 is 1. The molecule has 6 nitrogen and oxygen atoms in total. The van der Waals surface area contributed by atoms with Crippen LogP contribution in [0.25, 0.3) is 0 Å². The number of hydrazine groups is 2. The summed E-state index contributed by atoms with van der Waals surface area (Å²) in [6, 6.07) is 7.26. The molecule has 0 unspecified atom stereocenters. The number of carbonyl (C=O) groups is 1. The van der Waals surface area contributed by atoms with Gasteiger partial charge in [-0.3, -0.25) is 10.4 Å². The van der Waals surface area contributed by atoms with Crippen molar-refractivity contribution >= 4 is 11.7 Å². The monoisotopic (exact) mass is 221 g/mol. The molecule has 0 bridgehead atoms. The SMILES string of the molecule is COc1cccc(N2C=C(C(=O)O)NN2)c1. The molecule has 1 aromatic carbocycles. The molecule has 0 radical (unpaired) electrons. The number of carboxylic acids is 1. The standard InChI is InChI=1S/C10H11N3O3/c1-16-8-4-2-3-7(5-8)13-6-9(10(14)15)11-12-13/h2-6,11-12H,1H3,(H,14,15). The molecule has 0 aromatic heterocycles. The molecule has 2 rings (SSSR count). The fraction of sp³-hybridized carbons (Fsp3) is 0.100. The Kier molecular flexibility index (Phi) is 2.65. The van der Waals surface area contributed by atoms with Gasteiger partial charge in [0.15, 0.2) is 5.70 Å². The highest BCUT2D eigenvalue weighted by atomic mass is 16.5. The second kappa shape index (κ2) is 4.11. The van der Waals surface area contributed by atoms with Crippen molar-refractivity contribution in [1.29, 1.82) is 0 Å². The topological polar surface area (TPSA) is 73.8 Å². The fourth-order valence-electron chi connectivity index (χ4n) is 1.32. The van der Waals surface area contributed by atoms with Gasteiger partial charge in [-0.2, -0.15) is 0 Å². The van der Waals surface area contributed by atoms with E-state index in [4.69, 9.17) is 9.84 Å². The zero-order valence-electron chi connectivity index (χ0n) is 8.60. The summed E-state index contributed by atoms with van der Waals surface area (Å²) in [5, 5.41) is 10.3. The molecular weight excluding hydrogens is 210 g/mol. The van der Waals surface area contributed by atoms with Crippen LogP contribution >= 0.6 is 0 Å². The molecule has 1 heterocycles. The highest BCUT2D eigenvalue weighted by Crippen LogP contribution is 2.21. The van der Waals surface area contributed by atoms with E-state index in [-0.39, 0.29) is 5.70 Å². The Morgan fingerprint density at radius 2 is 2.31 bits per heavy atom. The maximum absolute atomic E-state index is 10.7. The highest BCUT2D eigenvalue weighted by molar-refractivity contribution is 5.87. The van der Waals surface area contributed by atoms with Gasteiger partial charge >= 0.3 is 5.97 Å². The van der Waals surface area contributed by atoms with Gasteiger partial charge in [-0.1, -0.05) is 6.07 Å². The zero-order chi connectivity index (χ0) is 11.5. The Morgan fingerprint density at radius 3 is 2.94 bits per heavy atom. The van der Waals surface area contributed by atoms with Gasteiger partial charge < -0.3 is 9.84 Å². The van der Waals surface area contributed by atoms with Crippen LogP contribution in [0.4, 0.5) is 5.69 Å². The van der Waals surface area contributed by atoms with Gasteiger partial charge in [0.2, 0.25) is 0 Å². The van der Waals surface area contributed by atoms with Gasteiger partial charge in [-0.15, -0.1) is 5.53 Å². The number of rotatable bonds is 3.